The quantitative estimate of drug-likeness (QED) is 0.165. The van der Waals surface area contributed by atoms with Gasteiger partial charge in [0.15, 0.2) is 0 Å². The fourth-order valence-corrected chi connectivity index (χ4v) is 2.17. The summed E-state index contributed by atoms with van der Waals surface area (Å²) in [6.07, 6.45) is 27.0. The van der Waals surface area contributed by atoms with E-state index in [9.17, 15) is 0 Å². The summed E-state index contributed by atoms with van der Waals surface area (Å²) < 4.78 is 0. The molecule has 0 aromatic carbocycles. The largest absolute Gasteiger partial charge is 4.00 e. The molecule has 0 bridgehead atoms. The minimum atomic E-state index is 0. The summed E-state index contributed by atoms with van der Waals surface area (Å²) in [5, 5.41) is 0. The fraction of sp³-hybridized carbons (Fsp3) is 0.789. The first-order chi connectivity index (χ1) is 9.41. The maximum atomic E-state index is 2.47. The summed E-state index contributed by atoms with van der Waals surface area (Å²) in [6.45, 7) is 4.53. The summed E-state index contributed by atoms with van der Waals surface area (Å²) in [5.41, 5.74) is 0. The maximum absolute atomic E-state index is 2.47. The summed E-state index contributed by atoms with van der Waals surface area (Å²) in [4.78, 5) is 0. The molecule has 1 heteroatoms. The minimum Gasteiger partial charge on any atom is -0.333 e. The van der Waals surface area contributed by atoms with Crippen LogP contribution >= 0.6 is 0 Å². The zero-order chi connectivity index (χ0) is 14.0. The topological polar surface area (TPSA) is 0 Å². The van der Waals surface area contributed by atoms with Crippen LogP contribution in [0.1, 0.15) is 97.3 Å². The predicted octanol–water partition coefficient (Wildman–Crippen LogP) is 6.91. The Morgan fingerprint density at radius 1 is 0.450 bits per heavy atom. The Morgan fingerprint density at radius 3 is 1.20 bits per heavy atom. The van der Waals surface area contributed by atoms with Crippen LogP contribution in [-0.4, -0.2) is 0 Å². The molecule has 0 radical (unpaired) electrons. The average molecular weight is 320 g/mol. The zero-order valence-corrected chi connectivity index (χ0v) is 15.0. The van der Waals surface area contributed by atoms with E-state index in [1.807, 2.05) is 0 Å². The van der Waals surface area contributed by atoms with Gasteiger partial charge < -0.3 is 25.7 Å². The molecular weight excluding hydrogens is 284 g/mol. The number of unbranched alkanes of at least 4 members (excludes halogenated alkanes) is 16. The van der Waals surface area contributed by atoms with Gasteiger partial charge in [-0.3, -0.25) is 0 Å². The fourth-order valence-electron chi connectivity index (χ4n) is 2.17. The molecular formula is C19H36Fe. The van der Waals surface area contributed by atoms with Gasteiger partial charge in [-0.1, -0.05) is 46.0 Å². The molecule has 0 aliphatic heterocycles. The van der Waals surface area contributed by atoms with Gasteiger partial charge in [0.05, 0.1) is 0 Å². The smallest absolute Gasteiger partial charge is 0.333 e. The van der Waals surface area contributed by atoms with E-state index in [-0.39, 0.29) is 17.1 Å². The van der Waals surface area contributed by atoms with Crippen molar-refractivity contribution >= 4 is 0 Å². The molecule has 120 valence electrons. The Kier molecular flexibility index (Phi) is 24.9. The van der Waals surface area contributed by atoms with Crippen LogP contribution in [-0.2, 0) is 17.1 Å². The van der Waals surface area contributed by atoms with Crippen molar-refractivity contribution in [3.05, 3.63) is 25.7 Å². The van der Waals surface area contributed by atoms with Crippen LogP contribution in [0.15, 0.2) is 0 Å². The predicted molar refractivity (Wildman–Crippen MR) is 88.6 cm³/mol. The van der Waals surface area contributed by atoms with Crippen molar-refractivity contribution < 1.29 is 17.1 Å². The van der Waals surface area contributed by atoms with E-state index in [0.29, 0.717) is 0 Å². The van der Waals surface area contributed by atoms with Crippen LogP contribution in [0.3, 0.4) is 0 Å². The molecule has 0 spiro atoms. The van der Waals surface area contributed by atoms with E-state index in [2.05, 4.69) is 39.5 Å². The molecule has 0 aliphatic rings. The normalized spacial score (nSPS) is 10.5. The Hall–Kier alpha value is 0.519. The van der Waals surface area contributed by atoms with Crippen LogP contribution < -0.4 is 0 Å². The summed E-state index contributed by atoms with van der Waals surface area (Å²) >= 11 is 0. The van der Waals surface area contributed by atoms with Crippen molar-refractivity contribution in [2.75, 3.05) is 0 Å². The van der Waals surface area contributed by atoms with Crippen molar-refractivity contribution in [3.8, 4) is 0 Å². The van der Waals surface area contributed by atoms with Gasteiger partial charge in [0.1, 0.15) is 0 Å². The molecule has 0 amide bonds. The second-order valence-corrected chi connectivity index (χ2v) is 5.52. The second kappa shape index (κ2) is 21.8. The molecule has 20 heavy (non-hydrogen) atoms. The third-order valence-corrected chi connectivity index (χ3v) is 3.50. The average Bonchev–Trinajstić information content (AvgIpc) is 2.43. The molecule has 0 rings (SSSR count). The first kappa shape index (κ1) is 22.8. The third kappa shape index (κ3) is 20.8. The van der Waals surface area contributed by atoms with Crippen molar-refractivity contribution in [1.82, 2.24) is 0 Å². The molecule has 0 aliphatic carbocycles. The van der Waals surface area contributed by atoms with Crippen LogP contribution in [0.2, 0.25) is 0 Å². The summed E-state index contributed by atoms with van der Waals surface area (Å²) in [6, 6.07) is 0. The molecule has 0 saturated heterocycles. The Morgan fingerprint density at radius 2 is 0.800 bits per heavy atom. The number of hydrogen-bond acceptors (Lipinski definition) is 0. The van der Waals surface area contributed by atoms with Gasteiger partial charge in [-0.15, -0.1) is 0 Å². The van der Waals surface area contributed by atoms with Gasteiger partial charge in [0, 0.05) is 0 Å². The van der Waals surface area contributed by atoms with E-state index < -0.39 is 0 Å². The van der Waals surface area contributed by atoms with Crippen molar-refractivity contribution in [3.63, 3.8) is 0 Å². The van der Waals surface area contributed by atoms with Gasteiger partial charge >= 0.3 is 17.1 Å². The molecule has 0 aromatic heterocycles. The molecule has 0 aromatic rings. The van der Waals surface area contributed by atoms with Crippen LogP contribution in [0.4, 0.5) is 0 Å². The first-order valence-corrected chi connectivity index (χ1v) is 8.68. The van der Waals surface area contributed by atoms with Gasteiger partial charge in [0.25, 0.3) is 0 Å². The molecule has 0 saturated carbocycles. The molecule has 0 N–H and O–H groups in total. The SMILES string of the molecule is CCCC[CH-]CC[CH-]CC[CH-]CC[CH-]CCCCC.[Fe+4]. The molecule has 0 fully saturated rings. The van der Waals surface area contributed by atoms with Crippen LogP contribution in [0, 0.1) is 25.7 Å². The summed E-state index contributed by atoms with van der Waals surface area (Å²) in [5.74, 6) is 0. The number of hydrogen-bond donors (Lipinski definition) is 0. The van der Waals surface area contributed by atoms with Crippen LogP contribution in [0.5, 0.6) is 0 Å². The molecule has 0 nitrogen and oxygen atoms in total. The molecule has 0 atom stereocenters. The van der Waals surface area contributed by atoms with E-state index in [1.54, 1.807) is 0 Å². The van der Waals surface area contributed by atoms with Gasteiger partial charge in [-0.2, -0.15) is 12.8 Å². The second-order valence-electron chi connectivity index (χ2n) is 5.52. The summed E-state index contributed by atoms with van der Waals surface area (Å²) in [7, 11) is 0. The van der Waals surface area contributed by atoms with E-state index in [0.717, 1.165) is 0 Å². The Bertz CT molecular complexity index is 129. The van der Waals surface area contributed by atoms with Gasteiger partial charge in [0.2, 0.25) is 0 Å². The van der Waals surface area contributed by atoms with E-state index >= 15 is 0 Å². The van der Waals surface area contributed by atoms with Crippen molar-refractivity contribution in [2.45, 2.75) is 97.3 Å². The van der Waals surface area contributed by atoms with E-state index in [1.165, 1.54) is 83.5 Å². The first-order valence-electron chi connectivity index (χ1n) is 8.68. The molecule has 0 heterocycles. The number of rotatable bonds is 16. The minimum absolute atomic E-state index is 0. The van der Waals surface area contributed by atoms with Gasteiger partial charge in [-0.25, -0.2) is 38.5 Å². The van der Waals surface area contributed by atoms with Gasteiger partial charge in [-0.05, 0) is 0 Å². The van der Waals surface area contributed by atoms with Crippen LogP contribution in [0.25, 0.3) is 0 Å². The monoisotopic (exact) mass is 320 g/mol. The van der Waals surface area contributed by atoms with Crippen molar-refractivity contribution in [2.24, 2.45) is 0 Å². The van der Waals surface area contributed by atoms with E-state index in [4.69, 9.17) is 0 Å². The van der Waals surface area contributed by atoms with Crippen molar-refractivity contribution in [1.29, 1.82) is 0 Å². The maximum Gasteiger partial charge on any atom is 4.00 e. The standard InChI is InChI=1S/C19H36.Fe/c1-3-5-7-9-11-13-15-17-19-18-16-14-12-10-8-6-4-2;/h9,12,15,18H,3-8,10-11,13-14,16-17,19H2,1-2H3;/q-4;+4. The third-order valence-electron chi connectivity index (χ3n) is 3.50. The zero-order valence-electron chi connectivity index (χ0n) is 13.9. The Labute approximate surface area is 140 Å². The Balaban J connectivity index is 0. The molecule has 0 unspecified atom stereocenters.